The number of benzene rings is 1. The van der Waals surface area contributed by atoms with E-state index in [1.165, 1.54) is 26.4 Å². The second kappa shape index (κ2) is 6.42. The molecule has 0 bridgehead atoms. The molecule has 0 radical (unpaired) electrons. The van der Waals surface area contributed by atoms with Gasteiger partial charge in [0, 0.05) is 27.9 Å². The Kier molecular flexibility index (Phi) is 4.84. The zero-order chi connectivity index (χ0) is 14.7. The van der Waals surface area contributed by atoms with E-state index in [0.717, 1.165) is 12.3 Å². The highest BCUT2D eigenvalue weighted by atomic mass is 32.1. The Labute approximate surface area is 125 Å². The maximum atomic E-state index is 5.49. The van der Waals surface area contributed by atoms with Crippen molar-refractivity contribution in [2.45, 2.75) is 40.3 Å². The van der Waals surface area contributed by atoms with Crippen LogP contribution in [0.1, 0.15) is 39.4 Å². The molecule has 0 spiro atoms. The molecule has 3 heteroatoms. The van der Waals surface area contributed by atoms with Crippen molar-refractivity contribution in [3.05, 3.63) is 50.7 Å². The summed E-state index contributed by atoms with van der Waals surface area (Å²) in [5.74, 6) is 0.962. The van der Waals surface area contributed by atoms with Crippen molar-refractivity contribution in [3.8, 4) is 5.75 Å². The van der Waals surface area contributed by atoms with Crippen LogP contribution in [0.5, 0.6) is 5.75 Å². The summed E-state index contributed by atoms with van der Waals surface area (Å²) in [6.07, 6.45) is 0. The molecule has 1 aromatic carbocycles. The first-order valence-corrected chi connectivity index (χ1v) is 7.76. The number of thiophene rings is 1. The molecule has 0 aliphatic rings. The third kappa shape index (κ3) is 3.41. The van der Waals surface area contributed by atoms with Gasteiger partial charge in [0.2, 0.25) is 0 Å². The molecule has 20 heavy (non-hydrogen) atoms. The van der Waals surface area contributed by atoms with Crippen molar-refractivity contribution >= 4 is 11.3 Å². The Hall–Kier alpha value is -1.32. The lowest BCUT2D eigenvalue weighted by molar-refractivity contribution is 0.401. The van der Waals surface area contributed by atoms with E-state index in [-0.39, 0.29) is 6.04 Å². The fourth-order valence-electron chi connectivity index (χ4n) is 2.28. The van der Waals surface area contributed by atoms with E-state index in [1.54, 1.807) is 7.11 Å². The minimum Gasteiger partial charge on any atom is -0.496 e. The van der Waals surface area contributed by atoms with Gasteiger partial charge in [0.25, 0.3) is 0 Å². The first kappa shape index (κ1) is 15.1. The van der Waals surface area contributed by atoms with Crippen LogP contribution in [-0.2, 0) is 6.54 Å². The molecular formula is C17H23NOS. The molecule has 108 valence electrons. The molecule has 1 N–H and O–H groups in total. The van der Waals surface area contributed by atoms with E-state index in [0.29, 0.717) is 0 Å². The largest absolute Gasteiger partial charge is 0.496 e. The van der Waals surface area contributed by atoms with E-state index < -0.39 is 0 Å². The fraction of sp³-hybridized carbons (Fsp3) is 0.412. The maximum Gasteiger partial charge on any atom is 0.123 e. The van der Waals surface area contributed by atoms with Crippen molar-refractivity contribution in [2.24, 2.45) is 0 Å². The molecule has 1 unspecified atom stereocenters. The van der Waals surface area contributed by atoms with Gasteiger partial charge in [-0.15, -0.1) is 11.3 Å². The third-order valence-corrected chi connectivity index (χ3v) is 4.81. The number of ether oxygens (including phenoxy) is 1. The summed E-state index contributed by atoms with van der Waals surface area (Å²) in [6, 6.07) is 8.92. The summed E-state index contributed by atoms with van der Waals surface area (Å²) in [7, 11) is 1.73. The van der Waals surface area contributed by atoms with E-state index in [1.807, 2.05) is 11.3 Å². The van der Waals surface area contributed by atoms with Crippen LogP contribution >= 0.6 is 11.3 Å². The number of hydrogen-bond donors (Lipinski definition) is 1. The zero-order valence-electron chi connectivity index (χ0n) is 12.9. The first-order chi connectivity index (χ1) is 9.51. The van der Waals surface area contributed by atoms with Crippen LogP contribution in [0.4, 0.5) is 0 Å². The van der Waals surface area contributed by atoms with Gasteiger partial charge in [-0.25, -0.2) is 0 Å². The van der Waals surface area contributed by atoms with Gasteiger partial charge in [-0.05, 0) is 51.0 Å². The molecule has 2 nitrogen and oxygen atoms in total. The summed E-state index contributed by atoms with van der Waals surface area (Å²) in [5, 5.41) is 3.58. The molecule has 1 aromatic heterocycles. The maximum absolute atomic E-state index is 5.49. The lowest BCUT2D eigenvalue weighted by atomic mass is 10.0. The van der Waals surface area contributed by atoms with Gasteiger partial charge >= 0.3 is 0 Å². The highest BCUT2D eigenvalue weighted by molar-refractivity contribution is 7.12. The number of hydrogen-bond acceptors (Lipinski definition) is 3. The predicted molar refractivity (Wildman–Crippen MR) is 86.8 cm³/mol. The van der Waals surface area contributed by atoms with Crippen LogP contribution in [0.2, 0.25) is 0 Å². The zero-order valence-corrected chi connectivity index (χ0v) is 13.7. The summed E-state index contributed by atoms with van der Waals surface area (Å²) in [5.41, 5.74) is 3.82. The molecule has 1 atom stereocenters. The summed E-state index contributed by atoms with van der Waals surface area (Å²) in [4.78, 5) is 2.79. The van der Waals surface area contributed by atoms with Crippen LogP contribution in [0, 0.1) is 20.8 Å². The Morgan fingerprint density at radius 2 is 1.95 bits per heavy atom. The van der Waals surface area contributed by atoms with Crippen LogP contribution in [-0.4, -0.2) is 7.11 Å². The van der Waals surface area contributed by atoms with E-state index in [9.17, 15) is 0 Å². The minimum absolute atomic E-state index is 0.272. The second-order valence-electron chi connectivity index (χ2n) is 5.30. The van der Waals surface area contributed by atoms with Crippen molar-refractivity contribution in [1.82, 2.24) is 5.32 Å². The number of methoxy groups -OCH3 is 1. The van der Waals surface area contributed by atoms with Crippen LogP contribution in [0.15, 0.2) is 24.3 Å². The van der Waals surface area contributed by atoms with E-state index in [2.05, 4.69) is 57.3 Å². The van der Waals surface area contributed by atoms with Crippen molar-refractivity contribution in [3.63, 3.8) is 0 Å². The summed E-state index contributed by atoms with van der Waals surface area (Å²) >= 11 is 1.87. The quantitative estimate of drug-likeness (QED) is 0.873. The highest BCUT2D eigenvalue weighted by Gasteiger charge is 2.11. The second-order valence-corrected chi connectivity index (χ2v) is 6.64. The van der Waals surface area contributed by atoms with Gasteiger partial charge in [-0.1, -0.05) is 12.1 Å². The minimum atomic E-state index is 0.272. The molecule has 1 heterocycles. The van der Waals surface area contributed by atoms with Crippen molar-refractivity contribution in [2.75, 3.05) is 7.11 Å². The first-order valence-electron chi connectivity index (χ1n) is 6.95. The van der Waals surface area contributed by atoms with Crippen molar-refractivity contribution < 1.29 is 4.74 Å². The Balaban J connectivity index is 2.06. The standard InChI is InChI=1S/C17H23NOS/c1-11-6-7-16(17(8-11)19-5)13(3)18-10-15-9-12(2)14(4)20-15/h6-9,13,18H,10H2,1-5H3. The topological polar surface area (TPSA) is 21.3 Å². The van der Waals surface area contributed by atoms with E-state index in [4.69, 9.17) is 4.74 Å². The Morgan fingerprint density at radius 1 is 1.20 bits per heavy atom. The molecular weight excluding hydrogens is 266 g/mol. The SMILES string of the molecule is COc1cc(C)ccc1C(C)NCc1cc(C)c(C)s1. The average Bonchev–Trinajstić information content (AvgIpc) is 2.75. The molecule has 0 fully saturated rings. The lowest BCUT2D eigenvalue weighted by Gasteiger charge is -2.17. The smallest absolute Gasteiger partial charge is 0.123 e. The molecule has 2 aromatic rings. The molecule has 0 amide bonds. The summed E-state index contributed by atoms with van der Waals surface area (Å²) in [6.45, 7) is 9.51. The molecule has 0 aliphatic heterocycles. The van der Waals surface area contributed by atoms with Crippen molar-refractivity contribution in [1.29, 1.82) is 0 Å². The molecule has 0 aliphatic carbocycles. The predicted octanol–water partition coefficient (Wildman–Crippen LogP) is 4.53. The van der Waals surface area contributed by atoms with Gasteiger partial charge in [-0.2, -0.15) is 0 Å². The normalized spacial score (nSPS) is 12.4. The number of rotatable bonds is 5. The van der Waals surface area contributed by atoms with Gasteiger partial charge < -0.3 is 10.1 Å². The molecule has 2 rings (SSSR count). The highest BCUT2D eigenvalue weighted by Crippen LogP contribution is 2.27. The van der Waals surface area contributed by atoms with E-state index >= 15 is 0 Å². The Bertz CT molecular complexity index is 569. The van der Waals surface area contributed by atoms with Gasteiger partial charge in [0.1, 0.15) is 5.75 Å². The van der Waals surface area contributed by atoms with Crippen LogP contribution in [0.3, 0.4) is 0 Å². The number of aryl methyl sites for hydroxylation is 3. The van der Waals surface area contributed by atoms with Gasteiger partial charge in [-0.3, -0.25) is 0 Å². The molecule has 0 saturated heterocycles. The third-order valence-electron chi connectivity index (χ3n) is 3.65. The Morgan fingerprint density at radius 3 is 2.55 bits per heavy atom. The van der Waals surface area contributed by atoms with Crippen LogP contribution < -0.4 is 10.1 Å². The van der Waals surface area contributed by atoms with Gasteiger partial charge in [0.15, 0.2) is 0 Å². The number of nitrogens with one attached hydrogen (secondary N) is 1. The average molecular weight is 289 g/mol. The van der Waals surface area contributed by atoms with Crippen LogP contribution in [0.25, 0.3) is 0 Å². The fourth-order valence-corrected chi connectivity index (χ4v) is 3.28. The lowest BCUT2D eigenvalue weighted by Crippen LogP contribution is -2.18. The molecule has 0 saturated carbocycles. The van der Waals surface area contributed by atoms with Gasteiger partial charge in [0.05, 0.1) is 7.11 Å². The summed E-state index contributed by atoms with van der Waals surface area (Å²) < 4.78 is 5.49. The monoisotopic (exact) mass is 289 g/mol.